The second-order valence-electron chi connectivity index (χ2n) is 4.99. The first-order valence-electron chi connectivity index (χ1n) is 5.77. The van der Waals surface area contributed by atoms with Gasteiger partial charge in [0.15, 0.2) is 0 Å². The van der Waals surface area contributed by atoms with Crippen LogP contribution in [0.2, 0.25) is 0 Å². The average molecular weight is 392 g/mol. The zero-order valence-electron chi connectivity index (χ0n) is 11.4. The second-order valence-corrected chi connectivity index (χ2v) is 4.99. The van der Waals surface area contributed by atoms with Crippen molar-refractivity contribution in [3.05, 3.63) is 0 Å². The Hall–Kier alpha value is -0.950. The van der Waals surface area contributed by atoms with Gasteiger partial charge in [0.05, 0.1) is 0 Å². The molecule has 1 N–H and O–H groups in total. The molecule has 0 aliphatic rings. The Balaban J connectivity index is 6.11. The first-order valence-corrected chi connectivity index (χ1v) is 5.77. The van der Waals surface area contributed by atoms with Crippen LogP contribution in [0.25, 0.3) is 0 Å². The van der Waals surface area contributed by atoms with Gasteiger partial charge in [0.1, 0.15) is 0 Å². The monoisotopic (exact) mass is 392 g/mol. The zero-order chi connectivity index (χ0) is 20.0. The van der Waals surface area contributed by atoms with Crippen LogP contribution in [0.4, 0.5) is 57.1 Å². The lowest BCUT2D eigenvalue weighted by Crippen LogP contribution is -2.70. The quantitative estimate of drug-likeness (QED) is 0.621. The molecule has 1 atom stereocenters. The van der Waals surface area contributed by atoms with E-state index in [2.05, 4.69) is 0 Å². The summed E-state index contributed by atoms with van der Waals surface area (Å²) in [5.41, 5.74) is 0. The fourth-order valence-electron chi connectivity index (χ4n) is 1.43. The summed E-state index contributed by atoms with van der Waals surface area (Å²) in [6.07, 6.45) is -9.79. The molecule has 0 aromatic rings. The molecule has 146 valence electrons. The summed E-state index contributed by atoms with van der Waals surface area (Å²) in [6.45, 7) is -0.711. The van der Waals surface area contributed by atoms with Crippen LogP contribution in [-0.2, 0) is 0 Å². The maximum Gasteiger partial charge on any atom is 0.460 e. The van der Waals surface area contributed by atoms with Crippen molar-refractivity contribution in [2.24, 2.45) is 5.92 Å². The van der Waals surface area contributed by atoms with Gasteiger partial charge in [0.2, 0.25) is 0 Å². The van der Waals surface area contributed by atoms with E-state index in [9.17, 15) is 57.1 Å². The highest BCUT2D eigenvalue weighted by Gasteiger charge is 2.90. The molecule has 0 radical (unpaired) electrons. The van der Waals surface area contributed by atoms with Gasteiger partial charge in [-0.3, -0.25) is 0 Å². The summed E-state index contributed by atoms with van der Waals surface area (Å²) < 4.78 is 165. The molecule has 0 amide bonds. The summed E-state index contributed by atoms with van der Waals surface area (Å²) >= 11 is 0. The van der Waals surface area contributed by atoms with Gasteiger partial charge in [-0.05, 0) is 5.92 Å². The van der Waals surface area contributed by atoms with Crippen molar-refractivity contribution in [3.63, 3.8) is 0 Å². The van der Waals surface area contributed by atoms with Crippen molar-refractivity contribution in [1.82, 2.24) is 0 Å². The average Bonchev–Trinajstić information content (AvgIpc) is 2.35. The number of halogens is 13. The molecule has 0 spiro atoms. The summed E-state index contributed by atoms with van der Waals surface area (Å²) in [5.74, 6) is -38.6. The summed E-state index contributed by atoms with van der Waals surface area (Å²) in [7, 11) is 0. The fourth-order valence-corrected chi connectivity index (χ4v) is 1.43. The van der Waals surface area contributed by atoms with Gasteiger partial charge in [0, 0.05) is 13.0 Å². The Bertz CT molecular complexity index is 439. The van der Waals surface area contributed by atoms with Crippen LogP contribution in [0.3, 0.4) is 0 Å². The van der Waals surface area contributed by atoms with Gasteiger partial charge >= 0.3 is 35.8 Å². The molecular weight excluding hydrogens is 383 g/mol. The molecular formula is C10H9F13O. The predicted octanol–water partition coefficient (Wildman–Crippen LogP) is 4.74. The molecule has 0 aromatic heterocycles. The van der Waals surface area contributed by atoms with E-state index >= 15 is 0 Å². The first-order chi connectivity index (χ1) is 10.2. The Morgan fingerprint density at radius 2 is 0.958 bits per heavy atom. The molecule has 0 aliphatic heterocycles. The summed E-state index contributed by atoms with van der Waals surface area (Å²) in [5, 5.41) is 8.38. The van der Waals surface area contributed by atoms with Crippen molar-refractivity contribution < 1.29 is 62.2 Å². The van der Waals surface area contributed by atoms with Crippen molar-refractivity contribution in [1.29, 1.82) is 0 Å². The van der Waals surface area contributed by atoms with E-state index in [4.69, 9.17) is 5.11 Å². The van der Waals surface area contributed by atoms with Gasteiger partial charge in [-0.25, -0.2) is 0 Å². The molecule has 0 bridgehead atoms. The van der Waals surface area contributed by atoms with E-state index < -0.39 is 54.7 Å². The molecule has 0 aromatic carbocycles. The molecule has 1 nitrogen and oxygen atoms in total. The predicted molar refractivity (Wildman–Crippen MR) is 51.7 cm³/mol. The van der Waals surface area contributed by atoms with Gasteiger partial charge < -0.3 is 5.11 Å². The van der Waals surface area contributed by atoms with Gasteiger partial charge in [-0.15, -0.1) is 0 Å². The maximum atomic E-state index is 13.1. The molecule has 0 aliphatic carbocycles. The highest BCUT2D eigenvalue weighted by Crippen LogP contribution is 2.60. The maximum absolute atomic E-state index is 13.1. The van der Waals surface area contributed by atoms with Crippen LogP contribution in [0.1, 0.15) is 13.3 Å². The summed E-state index contributed by atoms with van der Waals surface area (Å²) in [6, 6.07) is 0. The highest BCUT2D eigenvalue weighted by molar-refractivity contribution is 5.10. The molecule has 1 unspecified atom stereocenters. The standard InChI is InChI=1S/C10H9F13O/c1-4(3-24)2-5(11,12)6(13,14)7(15,16)8(17,18)9(19,20)10(21,22)23/h4,24H,2-3H2,1H3. The molecule has 0 fully saturated rings. The van der Waals surface area contributed by atoms with E-state index in [-0.39, 0.29) is 0 Å². The Kier molecular flexibility index (Phi) is 5.85. The van der Waals surface area contributed by atoms with E-state index in [1.807, 2.05) is 0 Å². The third-order valence-corrected chi connectivity index (χ3v) is 2.91. The molecule has 0 saturated heterocycles. The van der Waals surface area contributed by atoms with Crippen LogP contribution in [-0.4, -0.2) is 47.5 Å². The zero-order valence-corrected chi connectivity index (χ0v) is 11.4. The number of aliphatic hydroxyl groups excluding tert-OH is 1. The van der Waals surface area contributed by atoms with Crippen molar-refractivity contribution in [3.8, 4) is 0 Å². The van der Waals surface area contributed by atoms with E-state index in [0.29, 0.717) is 6.92 Å². The van der Waals surface area contributed by atoms with Crippen LogP contribution in [0.15, 0.2) is 0 Å². The highest BCUT2D eigenvalue weighted by atomic mass is 19.4. The molecule has 0 rings (SSSR count). The third kappa shape index (κ3) is 3.25. The number of rotatable bonds is 7. The molecule has 0 heterocycles. The largest absolute Gasteiger partial charge is 0.460 e. The number of aliphatic hydroxyl groups is 1. The third-order valence-electron chi connectivity index (χ3n) is 2.91. The van der Waals surface area contributed by atoms with Crippen LogP contribution >= 0.6 is 0 Å². The minimum Gasteiger partial charge on any atom is -0.396 e. The molecule has 24 heavy (non-hydrogen) atoms. The minimum atomic E-state index is -7.88. The number of hydrogen-bond acceptors (Lipinski definition) is 1. The van der Waals surface area contributed by atoms with Crippen molar-refractivity contribution in [2.75, 3.05) is 6.61 Å². The van der Waals surface area contributed by atoms with Gasteiger partial charge in [0.25, 0.3) is 0 Å². The molecule has 0 saturated carbocycles. The minimum absolute atomic E-state index is 0.588. The smallest absolute Gasteiger partial charge is 0.396 e. The lowest BCUT2D eigenvalue weighted by Gasteiger charge is -2.40. The second kappa shape index (κ2) is 6.09. The van der Waals surface area contributed by atoms with E-state index in [0.717, 1.165) is 0 Å². The Morgan fingerprint density at radius 3 is 1.25 bits per heavy atom. The van der Waals surface area contributed by atoms with E-state index in [1.165, 1.54) is 0 Å². The lowest BCUT2D eigenvalue weighted by atomic mass is 9.90. The van der Waals surface area contributed by atoms with Crippen LogP contribution in [0, 0.1) is 5.92 Å². The van der Waals surface area contributed by atoms with E-state index in [1.54, 1.807) is 0 Å². The SMILES string of the molecule is CC(CO)CC(F)(F)C(F)(F)C(F)(F)C(F)(F)C(F)(F)C(F)(F)F. The van der Waals surface area contributed by atoms with Gasteiger partial charge in [-0.1, -0.05) is 6.92 Å². The van der Waals surface area contributed by atoms with Crippen molar-refractivity contribution in [2.45, 2.75) is 49.1 Å². The van der Waals surface area contributed by atoms with Crippen LogP contribution in [0.5, 0.6) is 0 Å². The lowest BCUT2D eigenvalue weighted by molar-refractivity contribution is -0.440. The number of hydrogen-bond donors (Lipinski definition) is 1. The fraction of sp³-hybridized carbons (Fsp3) is 1.00. The normalized spacial score (nSPS) is 17.1. The Morgan fingerprint density at radius 1 is 0.625 bits per heavy atom. The Labute approximate surface area is 125 Å². The first kappa shape index (κ1) is 23.1. The van der Waals surface area contributed by atoms with Gasteiger partial charge in [-0.2, -0.15) is 57.1 Å². The molecule has 14 heteroatoms. The topological polar surface area (TPSA) is 20.2 Å². The van der Waals surface area contributed by atoms with Crippen molar-refractivity contribution >= 4 is 0 Å². The van der Waals surface area contributed by atoms with Crippen LogP contribution < -0.4 is 0 Å². The summed E-state index contributed by atoms with van der Waals surface area (Å²) in [4.78, 5) is 0. The number of alkyl halides is 13.